The molecule has 1 heterocycles. The molecule has 2 aromatic carbocycles. The van der Waals surface area contributed by atoms with Crippen LogP contribution >= 0.6 is 0 Å². The third kappa shape index (κ3) is 5.51. The van der Waals surface area contributed by atoms with E-state index in [1.165, 1.54) is 19.2 Å². The van der Waals surface area contributed by atoms with Crippen molar-refractivity contribution in [3.8, 4) is 16.9 Å². The van der Waals surface area contributed by atoms with Crippen LogP contribution in [0.3, 0.4) is 0 Å². The topological polar surface area (TPSA) is 76.1 Å². The van der Waals surface area contributed by atoms with Crippen LogP contribution in [0.25, 0.3) is 16.7 Å². The van der Waals surface area contributed by atoms with Crippen molar-refractivity contribution in [1.82, 2.24) is 4.90 Å². The summed E-state index contributed by atoms with van der Waals surface area (Å²) in [6.07, 6.45) is -2.10. The van der Waals surface area contributed by atoms with Crippen LogP contribution in [0.1, 0.15) is 67.9 Å². The van der Waals surface area contributed by atoms with E-state index in [0.29, 0.717) is 42.5 Å². The lowest BCUT2D eigenvalue weighted by Crippen LogP contribution is -2.36. The SMILES string of the molecule is CCC1COC(=O)N1CC1=C(c2cc(-c3ccc(C(=O)O)cc3C(F)(F)F)ccc2OC)CCC(C)(C)C1. The monoisotopic (exact) mass is 531 g/mol. The summed E-state index contributed by atoms with van der Waals surface area (Å²) in [4.78, 5) is 25.6. The zero-order chi connectivity index (χ0) is 27.8. The normalized spacial score (nSPS) is 19.5. The van der Waals surface area contributed by atoms with Crippen molar-refractivity contribution in [2.75, 3.05) is 20.3 Å². The van der Waals surface area contributed by atoms with Crippen molar-refractivity contribution < 1.29 is 37.3 Å². The van der Waals surface area contributed by atoms with Gasteiger partial charge in [-0.25, -0.2) is 9.59 Å². The zero-order valence-corrected chi connectivity index (χ0v) is 21.9. The van der Waals surface area contributed by atoms with Gasteiger partial charge < -0.3 is 14.6 Å². The number of carbonyl (C=O) groups excluding carboxylic acids is 1. The molecule has 0 radical (unpaired) electrons. The summed E-state index contributed by atoms with van der Waals surface area (Å²) < 4.78 is 52.9. The molecule has 0 aromatic heterocycles. The second-order valence-corrected chi connectivity index (χ2v) is 10.7. The van der Waals surface area contributed by atoms with Crippen LogP contribution in [-0.2, 0) is 10.9 Å². The maximum atomic E-state index is 14.0. The molecule has 1 saturated heterocycles. The van der Waals surface area contributed by atoms with E-state index in [1.807, 2.05) is 6.92 Å². The van der Waals surface area contributed by atoms with E-state index >= 15 is 0 Å². The number of amides is 1. The van der Waals surface area contributed by atoms with Gasteiger partial charge in [-0.15, -0.1) is 0 Å². The van der Waals surface area contributed by atoms with Crippen LogP contribution in [0.2, 0.25) is 0 Å². The van der Waals surface area contributed by atoms with Gasteiger partial charge in [0, 0.05) is 12.1 Å². The number of benzene rings is 2. The Hall–Kier alpha value is -3.49. The molecule has 2 aromatic rings. The predicted molar refractivity (Wildman–Crippen MR) is 137 cm³/mol. The van der Waals surface area contributed by atoms with Gasteiger partial charge in [-0.1, -0.05) is 32.9 Å². The highest BCUT2D eigenvalue weighted by Crippen LogP contribution is 2.46. The first-order chi connectivity index (χ1) is 17.8. The fraction of sp³-hybridized carbons (Fsp3) is 0.448. The highest BCUT2D eigenvalue weighted by molar-refractivity contribution is 5.89. The smallest absolute Gasteiger partial charge is 0.417 e. The summed E-state index contributed by atoms with van der Waals surface area (Å²) in [6.45, 7) is 7.05. The molecule has 6 nitrogen and oxygen atoms in total. The molecule has 0 saturated carbocycles. The molecule has 1 unspecified atom stereocenters. The molecule has 1 aliphatic heterocycles. The average molecular weight is 532 g/mol. The molecule has 1 atom stereocenters. The fourth-order valence-corrected chi connectivity index (χ4v) is 5.39. The number of hydrogen-bond donors (Lipinski definition) is 1. The Labute approximate surface area is 220 Å². The summed E-state index contributed by atoms with van der Waals surface area (Å²) in [5.41, 5.74) is 1.39. The van der Waals surface area contributed by atoms with E-state index in [4.69, 9.17) is 9.47 Å². The molecule has 0 spiro atoms. The van der Waals surface area contributed by atoms with E-state index < -0.39 is 23.3 Å². The summed E-state index contributed by atoms with van der Waals surface area (Å²) in [5, 5.41) is 9.24. The predicted octanol–water partition coefficient (Wildman–Crippen LogP) is 7.27. The second-order valence-electron chi connectivity index (χ2n) is 10.7. The number of methoxy groups -OCH3 is 1. The van der Waals surface area contributed by atoms with Crippen LogP contribution in [0, 0.1) is 5.41 Å². The number of hydrogen-bond acceptors (Lipinski definition) is 4. The van der Waals surface area contributed by atoms with Gasteiger partial charge in [-0.3, -0.25) is 4.90 Å². The Balaban J connectivity index is 1.86. The van der Waals surface area contributed by atoms with Crippen molar-refractivity contribution in [1.29, 1.82) is 0 Å². The van der Waals surface area contributed by atoms with Crippen LogP contribution in [0.4, 0.5) is 18.0 Å². The fourth-order valence-electron chi connectivity index (χ4n) is 5.39. The highest BCUT2D eigenvalue weighted by Gasteiger charge is 2.37. The summed E-state index contributed by atoms with van der Waals surface area (Å²) in [5.74, 6) is -0.907. The summed E-state index contributed by atoms with van der Waals surface area (Å²) in [7, 11) is 1.51. The van der Waals surface area contributed by atoms with Crippen molar-refractivity contribution in [2.24, 2.45) is 5.41 Å². The van der Waals surface area contributed by atoms with Gasteiger partial charge in [0.25, 0.3) is 0 Å². The number of halogens is 3. The number of rotatable bonds is 7. The third-order valence-electron chi connectivity index (χ3n) is 7.48. The molecule has 2 aliphatic rings. The minimum atomic E-state index is -4.74. The van der Waals surface area contributed by atoms with Crippen molar-refractivity contribution >= 4 is 17.6 Å². The second kappa shape index (κ2) is 10.3. The van der Waals surface area contributed by atoms with E-state index in [0.717, 1.165) is 30.4 Å². The number of carbonyl (C=O) groups is 2. The Bertz CT molecular complexity index is 1280. The van der Waals surface area contributed by atoms with Crippen LogP contribution in [0.15, 0.2) is 42.0 Å². The molecule has 4 rings (SSSR count). The first kappa shape index (κ1) is 27.5. The van der Waals surface area contributed by atoms with Gasteiger partial charge in [-0.05, 0) is 77.6 Å². The molecule has 1 amide bonds. The van der Waals surface area contributed by atoms with Gasteiger partial charge in [-0.2, -0.15) is 13.2 Å². The lowest BCUT2D eigenvalue weighted by atomic mass is 9.72. The molecule has 1 fully saturated rings. The average Bonchev–Trinajstić information content (AvgIpc) is 3.21. The number of cyclic esters (lactones) is 1. The standard InChI is InChI=1S/C29H32F3NO5/c1-5-20-16-38-27(36)33(20)15-19-14-28(2,3)11-10-21(19)23-12-17(7-9-25(23)37-4)22-8-6-18(26(34)35)13-24(22)29(30,31)32/h6-9,12-13,20H,5,10-11,14-16H2,1-4H3,(H,34,35). The number of carboxylic acid groups (broad SMARTS) is 1. The Morgan fingerprint density at radius 3 is 2.55 bits per heavy atom. The first-order valence-electron chi connectivity index (χ1n) is 12.6. The van der Waals surface area contributed by atoms with E-state index in [2.05, 4.69) is 13.8 Å². The molecule has 1 aliphatic carbocycles. The van der Waals surface area contributed by atoms with Gasteiger partial charge in [0.1, 0.15) is 12.4 Å². The maximum Gasteiger partial charge on any atom is 0.417 e. The maximum absolute atomic E-state index is 14.0. The molecule has 1 N–H and O–H groups in total. The van der Waals surface area contributed by atoms with Gasteiger partial charge in [0.2, 0.25) is 0 Å². The Morgan fingerprint density at radius 2 is 1.92 bits per heavy atom. The third-order valence-corrected chi connectivity index (χ3v) is 7.48. The highest BCUT2D eigenvalue weighted by atomic mass is 19.4. The largest absolute Gasteiger partial charge is 0.496 e. The van der Waals surface area contributed by atoms with Crippen LogP contribution in [-0.4, -0.2) is 48.4 Å². The van der Waals surface area contributed by atoms with E-state index in [1.54, 1.807) is 23.1 Å². The number of ether oxygens (including phenoxy) is 2. The lowest BCUT2D eigenvalue weighted by molar-refractivity contribution is -0.137. The Morgan fingerprint density at radius 1 is 1.18 bits per heavy atom. The minimum absolute atomic E-state index is 0.00879. The lowest BCUT2D eigenvalue weighted by Gasteiger charge is -2.36. The van der Waals surface area contributed by atoms with Crippen molar-refractivity contribution in [2.45, 2.75) is 58.7 Å². The molecule has 38 heavy (non-hydrogen) atoms. The van der Waals surface area contributed by atoms with Crippen LogP contribution < -0.4 is 4.74 Å². The number of alkyl halides is 3. The van der Waals surface area contributed by atoms with Gasteiger partial charge >= 0.3 is 18.2 Å². The van der Waals surface area contributed by atoms with Gasteiger partial charge in [0.15, 0.2) is 0 Å². The van der Waals surface area contributed by atoms with Crippen molar-refractivity contribution in [3.05, 3.63) is 58.7 Å². The quantitative estimate of drug-likeness (QED) is 0.407. The molecule has 9 heteroatoms. The summed E-state index contributed by atoms with van der Waals surface area (Å²) >= 11 is 0. The molecular weight excluding hydrogens is 499 g/mol. The number of aromatic carboxylic acids is 1. The number of allylic oxidation sites excluding steroid dienone is 1. The minimum Gasteiger partial charge on any atom is -0.496 e. The Kier molecular flexibility index (Phi) is 7.50. The molecule has 204 valence electrons. The first-order valence-corrected chi connectivity index (χ1v) is 12.6. The number of carboxylic acids is 1. The van der Waals surface area contributed by atoms with Gasteiger partial charge in [0.05, 0.1) is 24.3 Å². The zero-order valence-electron chi connectivity index (χ0n) is 21.9. The van der Waals surface area contributed by atoms with E-state index in [9.17, 15) is 27.9 Å². The summed E-state index contributed by atoms with van der Waals surface area (Å²) in [6, 6.07) is 7.87. The van der Waals surface area contributed by atoms with E-state index in [-0.39, 0.29) is 23.1 Å². The van der Waals surface area contributed by atoms with Crippen LogP contribution in [0.5, 0.6) is 5.75 Å². The molecule has 0 bridgehead atoms. The number of nitrogens with zero attached hydrogens (tertiary/aromatic N) is 1. The molecular formula is C29H32F3NO5. The van der Waals surface area contributed by atoms with Crippen molar-refractivity contribution in [3.63, 3.8) is 0 Å².